The monoisotopic (exact) mass is 296 g/mol. The van der Waals surface area contributed by atoms with Crippen molar-refractivity contribution in [2.75, 3.05) is 7.11 Å². The zero-order valence-corrected chi connectivity index (χ0v) is 12.6. The number of aryl methyl sites for hydroxylation is 2. The van der Waals surface area contributed by atoms with E-state index in [0.29, 0.717) is 5.95 Å². The van der Waals surface area contributed by atoms with Crippen LogP contribution in [0.25, 0.3) is 5.95 Å². The van der Waals surface area contributed by atoms with Crippen molar-refractivity contribution in [2.45, 2.75) is 13.8 Å². The fourth-order valence-corrected chi connectivity index (χ4v) is 2.17. The van der Waals surface area contributed by atoms with Gasteiger partial charge in [0.25, 0.3) is 5.95 Å². The number of methoxy groups -OCH3 is 1. The van der Waals surface area contributed by atoms with Crippen molar-refractivity contribution in [2.24, 2.45) is 5.10 Å². The summed E-state index contributed by atoms with van der Waals surface area (Å²) < 4.78 is 8.59. The molecule has 0 atom stereocenters. The molecule has 7 heteroatoms. The first-order valence-electron chi connectivity index (χ1n) is 6.80. The van der Waals surface area contributed by atoms with Crippen LogP contribution in [0.1, 0.15) is 17.0 Å². The zero-order valence-electron chi connectivity index (χ0n) is 12.6. The molecule has 2 heterocycles. The molecule has 0 N–H and O–H groups in total. The Morgan fingerprint density at radius 3 is 2.77 bits per heavy atom. The predicted octanol–water partition coefficient (Wildman–Crippen LogP) is 1.97. The summed E-state index contributed by atoms with van der Waals surface area (Å²) >= 11 is 0. The van der Waals surface area contributed by atoms with E-state index in [1.807, 2.05) is 44.2 Å². The van der Waals surface area contributed by atoms with E-state index >= 15 is 0 Å². The van der Waals surface area contributed by atoms with Gasteiger partial charge >= 0.3 is 0 Å². The molecule has 0 aliphatic carbocycles. The second kappa shape index (κ2) is 5.80. The summed E-state index contributed by atoms with van der Waals surface area (Å²) in [6.45, 7) is 3.89. The topological polar surface area (TPSA) is 70.1 Å². The molecular formula is C15H16N6O. The Kier molecular flexibility index (Phi) is 3.69. The van der Waals surface area contributed by atoms with Crippen LogP contribution >= 0.6 is 0 Å². The van der Waals surface area contributed by atoms with Crippen molar-refractivity contribution in [3.05, 3.63) is 53.6 Å². The van der Waals surface area contributed by atoms with Crippen LogP contribution in [0.5, 0.6) is 5.75 Å². The molecule has 0 spiro atoms. The highest BCUT2D eigenvalue weighted by Gasteiger charge is 2.10. The maximum absolute atomic E-state index is 5.30. The lowest BCUT2D eigenvalue weighted by molar-refractivity contribution is 0.414. The van der Waals surface area contributed by atoms with Crippen LogP contribution in [-0.4, -0.2) is 38.0 Å². The van der Waals surface area contributed by atoms with Crippen LogP contribution in [0.4, 0.5) is 0 Å². The van der Waals surface area contributed by atoms with Crippen molar-refractivity contribution in [1.82, 2.24) is 24.7 Å². The van der Waals surface area contributed by atoms with Gasteiger partial charge in [0.2, 0.25) is 0 Å². The Hall–Kier alpha value is -2.96. The Labute approximate surface area is 127 Å². The SMILES string of the molecule is COc1ccccc1/C=N/n1cnnc1-n1nc(C)cc1C. The third-order valence-corrected chi connectivity index (χ3v) is 3.17. The summed E-state index contributed by atoms with van der Waals surface area (Å²) in [5.74, 6) is 1.30. The first kappa shape index (κ1) is 14.0. The summed E-state index contributed by atoms with van der Waals surface area (Å²) in [4.78, 5) is 0. The van der Waals surface area contributed by atoms with Crippen LogP contribution in [0.2, 0.25) is 0 Å². The second-order valence-corrected chi connectivity index (χ2v) is 4.80. The number of ether oxygens (including phenoxy) is 1. The van der Waals surface area contributed by atoms with Gasteiger partial charge < -0.3 is 4.74 Å². The van der Waals surface area contributed by atoms with Gasteiger partial charge in [0.05, 0.1) is 19.0 Å². The van der Waals surface area contributed by atoms with Crippen LogP contribution in [0.3, 0.4) is 0 Å². The van der Waals surface area contributed by atoms with Crippen molar-refractivity contribution in [1.29, 1.82) is 0 Å². The van der Waals surface area contributed by atoms with E-state index < -0.39 is 0 Å². The molecule has 0 fully saturated rings. The molecule has 0 saturated heterocycles. The van der Waals surface area contributed by atoms with Gasteiger partial charge in [-0.1, -0.05) is 12.1 Å². The Morgan fingerprint density at radius 1 is 1.23 bits per heavy atom. The molecule has 0 aliphatic heterocycles. The van der Waals surface area contributed by atoms with Gasteiger partial charge in [-0.2, -0.15) is 14.9 Å². The average molecular weight is 296 g/mol. The first-order valence-corrected chi connectivity index (χ1v) is 6.80. The van der Waals surface area contributed by atoms with E-state index in [-0.39, 0.29) is 0 Å². The molecule has 0 unspecified atom stereocenters. The number of para-hydroxylation sites is 1. The van der Waals surface area contributed by atoms with Gasteiger partial charge in [-0.05, 0) is 32.0 Å². The lowest BCUT2D eigenvalue weighted by Gasteiger charge is -2.04. The minimum absolute atomic E-state index is 0.539. The summed E-state index contributed by atoms with van der Waals surface area (Å²) in [5, 5.41) is 16.8. The molecule has 0 radical (unpaired) electrons. The van der Waals surface area contributed by atoms with E-state index in [2.05, 4.69) is 20.4 Å². The molecule has 7 nitrogen and oxygen atoms in total. The molecule has 0 bridgehead atoms. The van der Waals surface area contributed by atoms with Gasteiger partial charge in [-0.25, -0.2) is 4.68 Å². The number of nitrogens with zero attached hydrogens (tertiary/aromatic N) is 6. The minimum Gasteiger partial charge on any atom is -0.496 e. The van der Waals surface area contributed by atoms with E-state index in [4.69, 9.17) is 4.74 Å². The third-order valence-electron chi connectivity index (χ3n) is 3.17. The number of hydrogen-bond donors (Lipinski definition) is 0. The van der Waals surface area contributed by atoms with Gasteiger partial charge in [0, 0.05) is 11.3 Å². The van der Waals surface area contributed by atoms with E-state index in [1.165, 1.54) is 6.33 Å². The normalized spacial score (nSPS) is 11.2. The predicted molar refractivity (Wildman–Crippen MR) is 82.6 cm³/mol. The van der Waals surface area contributed by atoms with Crippen molar-refractivity contribution >= 4 is 6.21 Å². The highest BCUT2D eigenvalue weighted by atomic mass is 16.5. The molecular weight excluding hydrogens is 280 g/mol. The fraction of sp³-hybridized carbons (Fsp3) is 0.200. The summed E-state index contributed by atoms with van der Waals surface area (Å²) in [6, 6.07) is 9.63. The molecule has 112 valence electrons. The summed E-state index contributed by atoms with van der Waals surface area (Å²) in [5.41, 5.74) is 2.76. The Balaban J connectivity index is 1.96. The smallest absolute Gasteiger partial charge is 0.273 e. The molecule has 2 aromatic heterocycles. The quantitative estimate of drug-likeness (QED) is 0.690. The largest absolute Gasteiger partial charge is 0.496 e. The zero-order chi connectivity index (χ0) is 15.5. The molecule has 22 heavy (non-hydrogen) atoms. The number of aromatic nitrogens is 5. The fourth-order valence-electron chi connectivity index (χ4n) is 2.17. The lowest BCUT2D eigenvalue weighted by atomic mass is 10.2. The van der Waals surface area contributed by atoms with E-state index in [0.717, 1.165) is 22.7 Å². The third kappa shape index (κ3) is 2.60. The van der Waals surface area contributed by atoms with E-state index in [1.54, 1.807) is 22.7 Å². The standard InChI is InChI=1S/C15H16N6O/c1-11-8-12(2)21(19-11)15-18-16-10-20(15)17-9-13-6-4-5-7-14(13)22-3/h4-10H,1-3H3/b17-9+. The van der Waals surface area contributed by atoms with Crippen molar-refractivity contribution < 1.29 is 4.74 Å². The van der Waals surface area contributed by atoms with Crippen LogP contribution in [-0.2, 0) is 0 Å². The van der Waals surface area contributed by atoms with Crippen molar-refractivity contribution in [3.63, 3.8) is 0 Å². The van der Waals surface area contributed by atoms with Crippen LogP contribution in [0, 0.1) is 13.8 Å². The average Bonchev–Trinajstić information content (AvgIpc) is 3.11. The highest BCUT2D eigenvalue weighted by molar-refractivity contribution is 5.83. The summed E-state index contributed by atoms with van der Waals surface area (Å²) in [6.07, 6.45) is 3.25. The molecule has 0 amide bonds. The molecule has 1 aromatic carbocycles. The van der Waals surface area contributed by atoms with Gasteiger partial charge in [0.1, 0.15) is 12.1 Å². The highest BCUT2D eigenvalue weighted by Crippen LogP contribution is 2.15. The molecule has 3 aromatic rings. The molecule has 0 aliphatic rings. The van der Waals surface area contributed by atoms with Crippen LogP contribution < -0.4 is 4.74 Å². The summed E-state index contributed by atoms with van der Waals surface area (Å²) in [7, 11) is 1.63. The molecule has 0 saturated carbocycles. The van der Waals surface area contributed by atoms with Crippen molar-refractivity contribution in [3.8, 4) is 11.7 Å². The maximum atomic E-state index is 5.30. The maximum Gasteiger partial charge on any atom is 0.273 e. The number of benzene rings is 1. The number of rotatable bonds is 4. The number of hydrogen-bond acceptors (Lipinski definition) is 5. The Bertz CT molecular complexity index is 817. The van der Waals surface area contributed by atoms with Gasteiger partial charge in [-0.3, -0.25) is 0 Å². The van der Waals surface area contributed by atoms with Crippen LogP contribution in [0.15, 0.2) is 41.8 Å². The second-order valence-electron chi connectivity index (χ2n) is 4.80. The first-order chi connectivity index (χ1) is 10.7. The van der Waals surface area contributed by atoms with Gasteiger partial charge in [-0.15, -0.1) is 10.2 Å². The van der Waals surface area contributed by atoms with Gasteiger partial charge in [0.15, 0.2) is 0 Å². The molecule has 3 rings (SSSR count). The van der Waals surface area contributed by atoms with E-state index in [9.17, 15) is 0 Å². The Morgan fingerprint density at radius 2 is 2.05 bits per heavy atom. The lowest BCUT2D eigenvalue weighted by Crippen LogP contribution is -2.06. The minimum atomic E-state index is 0.539.